The molecule has 0 aliphatic carbocycles. The average Bonchev–Trinajstić information content (AvgIpc) is 2.71. The summed E-state index contributed by atoms with van der Waals surface area (Å²) in [6.07, 6.45) is 7.82. The van der Waals surface area contributed by atoms with Crippen LogP contribution in [-0.2, 0) is 4.79 Å². The summed E-state index contributed by atoms with van der Waals surface area (Å²) in [5, 5.41) is 13.7. The van der Waals surface area contributed by atoms with Crippen molar-refractivity contribution in [1.29, 1.82) is 5.41 Å². The van der Waals surface area contributed by atoms with Gasteiger partial charge >= 0.3 is 0 Å². The SMILES string of the molecule is CC1=CN2C(C(=N)NC(=O)C(C)C)=CNC2C=C1. The minimum atomic E-state index is -0.141. The molecular weight excluding hydrogens is 228 g/mol. The Hall–Kier alpha value is -2.04. The lowest BCUT2D eigenvalue weighted by Crippen LogP contribution is -2.40. The number of nitrogens with zero attached hydrogens (tertiary/aromatic N) is 1. The van der Waals surface area contributed by atoms with E-state index in [1.54, 1.807) is 20.0 Å². The highest BCUT2D eigenvalue weighted by atomic mass is 16.1. The molecule has 1 unspecified atom stereocenters. The lowest BCUT2D eigenvalue weighted by molar-refractivity contribution is -0.122. The van der Waals surface area contributed by atoms with Crippen molar-refractivity contribution in [3.05, 3.63) is 35.8 Å². The van der Waals surface area contributed by atoms with Crippen LogP contribution >= 0.6 is 0 Å². The summed E-state index contributed by atoms with van der Waals surface area (Å²) in [7, 11) is 0. The number of amides is 1. The van der Waals surface area contributed by atoms with E-state index in [2.05, 4.69) is 10.6 Å². The molecule has 0 radical (unpaired) electrons. The van der Waals surface area contributed by atoms with Gasteiger partial charge in [0.1, 0.15) is 11.9 Å². The first-order valence-corrected chi connectivity index (χ1v) is 6.00. The number of nitrogens with one attached hydrogen (secondary N) is 3. The summed E-state index contributed by atoms with van der Waals surface area (Å²) in [5.41, 5.74) is 1.79. The second kappa shape index (κ2) is 4.68. The molecule has 0 saturated carbocycles. The molecule has 0 aromatic heterocycles. The van der Waals surface area contributed by atoms with Crippen LogP contribution in [0.15, 0.2) is 35.8 Å². The van der Waals surface area contributed by atoms with Gasteiger partial charge in [-0.25, -0.2) is 0 Å². The molecule has 96 valence electrons. The standard InChI is InChI=1S/C13H18N4O/c1-8(2)13(18)16-12(14)10-6-15-11-5-4-9(3)7-17(10)11/h4-8,11,15H,1-3H3,(H2,14,16,18). The van der Waals surface area contributed by atoms with E-state index in [-0.39, 0.29) is 23.8 Å². The van der Waals surface area contributed by atoms with Gasteiger partial charge in [-0.15, -0.1) is 0 Å². The molecule has 0 bridgehead atoms. The third-order valence-electron chi connectivity index (χ3n) is 2.88. The zero-order valence-electron chi connectivity index (χ0n) is 10.8. The fourth-order valence-corrected chi connectivity index (χ4v) is 1.81. The van der Waals surface area contributed by atoms with E-state index in [1.807, 2.05) is 30.2 Å². The molecule has 0 spiro atoms. The number of carbonyl (C=O) groups is 1. The van der Waals surface area contributed by atoms with Gasteiger partial charge in [0.2, 0.25) is 5.91 Å². The Labute approximate surface area is 107 Å². The third-order valence-corrected chi connectivity index (χ3v) is 2.88. The van der Waals surface area contributed by atoms with Crippen molar-refractivity contribution in [2.24, 2.45) is 5.92 Å². The molecule has 2 rings (SSSR count). The largest absolute Gasteiger partial charge is 0.366 e. The Morgan fingerprint density at radius 1 is 1.56 bits per heavy atom. The Morgan fingerprint density at radius 2 is 2.28 bits per heavy atom. The van der Waals surface area contributed by atoms with Gasteiger partial charge in [0, 0.05) is 18.3 Å². The minimum absolute atomic E-state index is 0.0417. The Morgan fingerprint density at radius 3 is 2.94 bits per heavy atom. The fourth-order valence-electron chi connectivity index (χ4n) is 1.81. The monoisotopic (exact) mass is 246 g/mol. The van der Waals surface area contributed by atoms with Crippen LogP contribution < -0.4 is 10.6 Å². The molecule has 5 heteroatoms. The second-order valence-corrected chi connectivity index (χ2v) is 4.80. The zero-order chi connectivity index (χ0) is 13.3. The maximum Gasteiger partial charge on any atom is 0.228 e. The van der Waals surface area contributed by atoms with Gasteiger partial charge in [0.15, 0.2) is 5.84 Å². The van der Waals surface area contributed by atoms with Crippen molar-refractivity contribution in [1.82, 2.24) is 15.5 Å². The lowest BCUT2D eigenvalue weighted by atomic mass is 10.2. The Kier molecular flexibility index (Phi) is 3.23. The Balaban J connectivity index is 2.08. The molecule has 0 saturated heterocycles. The first kappa shape index (κ1) is 12.4. The topological polar surface area (TPSA) is 68.2 Å². The van der Waals surface area contributed by atoms with E-state index in [9.17, 15) is 4.79 Å². The van der Waals surface area contributed by atoms with Crippen molar-refractivity contribution in [3.63, 3.8) is 0 Å². The molecule has 2 heterocycles. The maximum absolute atomic E-state index is 11.6. The van der Waals surface area contributed by atoms with Crippen molar-refractivity contribution < 1.29 is 4.79 Å². The van der Waals surface area contributed by atoms with Gasteiger partial charge in [-0.1, -0.05) is 19.9 Å². The lowest BCUT2D eigenvalue weighted by Gasteiger charge is -2.27. The van der Waals surface area contributed by atoms with Gasteiger partial charge in [0.05, 0.1) is 0 Å². The van der Waals surface area contributed by atoms with Crippen LogP contribution in [0.5, 0.6) is 0 Å². The molecular formula is C13H18N4O. The van der Waals surface area contributed by atoms with E-state index in [0.717, 1.165) is 5.57 Å². The van der Waals surface area contributed by atoms with Gasteiger partial charge < -0.3 is 15.5 Å². The van der Waals surface area contributed by atoms with Crippen LogP contribution in [-0.4, -0.2) is 22.8 Å². The van der Waals surface area contributed by atoms with E-state index < -0.39 is 0 Å². The highest BCUT2D eigenvalue weighted by Crippen LogP contribution is 2.21. The van der Waals surface area contributed by atoms with Gasteiger partial charge in [0.25, 0.3) is 0 Å². The molecule has 5 nitrogen and oxygen atoms in total. The van der Waals surface area contributed by atoms with Crippen LogP contribution in [0.3, 0.4) is 0 Å². The van der Waals surface area contributed by atoms with Crippen molar-refractivity contribution in [2.75, 3.05) is 0 Å². The van der Waals surface area contributed by atoms with Crippen LogP contribution in [0, 0.1) is 11.3 Å². The van der Waals surface area contributed by atoms with Crippen LogP contribution in [0.1, 0.15) is 20.8 Å². The summed E-state index contributed by atoms with van der Waals surface area (Å²) in [6, 6.07) is 0. The van der Waals surface area contributed by atoms with Crippen molar-refractivity contribution >= 4 is 11.7 Å². The molecule has 18 heavy (non-hydrogen) atoms. The van der Waals surface area contributed by atoms with Crippen molar-refractivity contribution in [3.8, 4) is 0 Å². The first-order valence-electron chi connectivity index (χ1n) is 6.00. The second-order valence-electron chi connectivity index (χ2n) is 4.80. The molecule has 3 N–H and O–H groups in total. The fraction of sp³-hybridized carbons (Fsp3) is 0.385. The quantitative estimate of drug-likeness (QED) is 0.508. The minimum Gasteiger partial charge on any atom is -0.366 e. The molecule has 0 fully saturated rings. The first-order chi connectivity index (χ1) is 8.49. The predicted molar refractivity (Wildman–Crippen MR) is 70.5 cm³/mol. The van der Waals surface area contributed by atoms with E-state index in [4.69, 9.17) is 5.41 Å². The molecule has 2 aliphatic heterocycles. The zero-order valence-corrected chi connectivity index (χ0v) is 10.8. The molecule has 1 amide bonds. The highest BCUT2D eigenvalue weighted by molar-refractivity contribution is 6.06. The summed E-state index contributed by atoms with van der Waals surface area (Å²) < 4.78 is 0. The van der Waals surface area contributed by atoms with E-state index in [0.29, 0.717) is 5.70 Å². The number of rotatable bonds is 2. The number of allylic oxidation sites excluding steroid dienone is 2. The Bertz CT molecular complexity index is 473. The van der Waals surface area contributed by atoms with Gasteiger partial charge in [-0.2, -0.15) is 0 Å². The number of hydrogen-bond acceptors (Lipinski definition) is 4. The number of fused-ring (bicyclic) bond motifs is 1. The molecule has 1 atom stereocenters. The van der Waals surface area contributed by atoms with Gasteiger partial charge in [-0.3, -0.25) is 10.2 Å². The van der Waals surface area contributed by atoms with Crippen molar-refractivity contribution in [2.45, 2.75) is 26.9 Å². The number of hydrogen-bond donors (Lipinski definition) is 3. The van der Waals surface area contributed by atoms with Gasteiger partial charge in [-0.05, 0) is 18.6 Å². The normalized spacial score (nSPS) is 21.1. The van der Waals surface area contributed by atoms with Crippen LogP contribution in [0.4, 0.5) is 0 Å². The average molecular weight is 246 g/mol. The van der Waals surface area contributed by atoms with E-state index >= 15 is 0 Å². The molecule has 0 aromatic rings. The molecule has 0 aromatic carbocycles. The number of amidine groups is 1. The third kappa shape index (κ3) is 2.30. The molecule has 2 aliphatic rings. The predicted octanol–water partition coefficient (Wildman–Crippen LogP) is 1.28. The highest BCUT2D eigenvalue weighted by Gasteiger charge is 2.27. The summed E-state index contributed by atoms with van der Waals surface area (Å²) >= 11 is 0. The van der Waals surface area contributed by atoms with E-state index in [1.165, 1.54) is 0 Å². The van der Waals surface area contributed by atoms with Crippen LogP contribution in [0.2, 0.25) is 0 Å². The summed E-state index contributed by atoms with van der Waals surface area (Å²) in [4.78, 5) is 13.5. The smallest absolute Gasteiger partial charge is 0.228 e. The maximum atomic E-state index is 11.6. The summed E-state index contributed by atoms with van der Waals surface area (Å²) in [5.74, 6) is -0.143. The van der Waals surface area contributed by atoms with Crippen LogP contribution in [0.25, 0.3) is 0 Å². The summed E-state index contributed by atoms with van der Waals surface area (Å²) in [6.45, 7) is 5.61. The number of carbonyl (C=O) groups excluding carboxylic acids is 1.